The van der Waals surface area contributed by atoms with E-state index in [1.54, 1.807) is 20.4 Å². The molecule has 106 valence electrons. The van der Waals surface area contributed by atoms with Crippen LogP contribution < -0.4 is 14.8 Å². The topological polar surface area (TPSA) is 43.4 Å². The molecular weight excluding hydrogens is 252 g/mol. The number of nitrogens with zero attached hydrogens (tertiary/aromatic N) is 1. The Morgan fingerprint density at radius 2 is 1.85 bits per heavy atom. The Morgan fingerprint density at radius 3 is 2.55 bits per heavy atom. The van der Waals surface area contributed by atoms with Crippen LogP contribution in [0, 0.1) is 0 Å². The fourth-order valence-corrected chi connectivity index (χ4v) is 2.00. The minimum absolute atomic E-state index is 0.636. The second kappa shape index (κ2) is 7.38. The molecule has 0 amide bonds. The van der Waals surface area contributed by atoms with Gasteiger partial charge in [0, 0.05) is 12.7 Å². The van der Waals surface area contributed by atoms with Crippen LogP contribution in [0.25, 0.3) is 0 Å². The van der Waals surface area contributed by atoms with E-state index in [1.807, 2.05) is 24.3 Å². The van der Waals surface area contributed by atoms with Crippen molar-refractivity contribution >= 4 is 5.69 Å². The van der Waals surface area contributed by atoms with E-state index in [4.69, 9.17) is 9.47 Å². The fourth-order valence-electron chi connectivity index (χ4n) is 2.00. The quantitative estimate of drug-likeness (QED) is 0.786. The summed E-state index contributed by atoms with van der Waals surface area (Å²) in [7, 11) is 3.31. The molecule has 20 heavy (non-hydrogen) atoms. The fraction of sp³-hybridized carbons (Fsp3) is 0.312. The summed E-state index contributed by atoms with van der Waals surface area (Å²) in [5.74, 6) is 1.53. The SMILES string of the molecule is COc1ccc(CCCNc2cccnc2OC)cc1. The number of pyridine rings is 1. The molecule has 0 radical (unpaired) electrons. The van der Waals surface area contributed by atoms with Crippen LogP contribution in [0.2, 0.25) is 0 Å². The zero-order chi connectivity index (χ0) is 14.2. The van der Waals surface area contributed by atoms with E-state index < -0.39 is 0 Å². The average molecular weight is 272 g/mol. The minimum Gasteiger partial charge on any atom is -0.497 e. The highest BCUT2D eigenvalue weighted by atomic mass is 16.5. The Balaban J connectivity index is 1.78. The van der Waals surface area contributed by atoms with Gasteiger partial charge in [0.1, 0.15) is 5.75 Å². The van der Waals surface area contributed by atoms with Gasteiger partial charge in [0.25, 0.3) is 0 Å². The molecule has 0 spiro atoms. The maximum Gasteiger partial charge on any atom is 0.237 e. The highest BCUT2D eigenvalue weighted by Gasteiger charge is 2.01. The first kappa shape index (κ1) is 14.2. The van der Waals surface area contributed by atoms with Gasteiger partial charge < -0.3 is 14.8 Å². The van der Waals surface area contributed by atoms with Crippen LogP contribution in [-0.4, -0.2) is 25.7 Å². The van der Waals surface area contributed by atoms with Crippen molar-refractivity contribution in [2.45, 2.75) is 12.8 Å². The number of aryl methyl sites for hydroxylation is 1. The molecule has 0 saturated heterocycles. The molecule has 4 nitrogen and oxygen atoms in total. The van der Waals surface area contributed by atoms with Crippen LogP contribution in [0.5, 0.6) is 11.6 Å². The number of aromatic nitrogens is 1. The Morgan fingerprint density at radius 1 is 1.05 bits per heavy atom. The summed E-state index contributed by atoms with van der Waals surface area (Å²) < 4.78 is 10.3. The molecule has 2 rings (SSSR count). The van der Waals surface area contributed by atoms with Crippen molar-refractivity contribution in [2.75, 3.05) is 26.1 Å². The Hall–Kier alpha value is -2.23. The summed E-state index contributed by atoms with van der Waals surface area (Å²) in [6, 6.07) is 12.1. The van der Waals surface area contributed by atoms with Gasteiger partial charge in [0.15, 0.2) is 0 Å². The maximum atomic E-state index is 5.20. The lowest BCUT2D eigenvalue weighted by Gasteiger charge is -2.09. The number of hydrogen-bond acceptors (Lipinski definition) is 4. The standard InChI is InChI=1S/C16H20N2O2/c1-19-14-9-7-13(8-10-14)5-3-11-17-15-6-4-12-18-16(15)20-2/h4,6-10,12,17H,3,5,11H2,1-2H3. The van der Waals surface area contributed by atoms with Gasteiger partial charge >= 0.3 is 0 Å². The third-order valence-corrected chi connectivity index (χ3v) is 3.08. The molecule has 1 aromatic heterocycles. The van der Waals surface area contributed by atoms with Gasteiger partial charge in [-0.25, -0.2) is 4.98 Å². The molecule has 0 unspecified atom stereocenters. The van der Waals surface area contributed by atoms with Crippen LogP contribution in [0.15, 0.2) is 42.6 Å². The molecule has 0 aliphatic heterocycles. The van der Waals surface area contributed by atoms with Crippen LogP contribution in [-0.2, 0) is 6.42 Å². The maximum absolute atomic E-state index is 5.20. The molecule has 0 saturated carbocycles. The van der Waals surface area contributed by atoms with Crippen LogP contribution >= 0.6 is 0 Å². The largest absolute Gasteiger partial charge is 0.497 e. The third-order valence-electron chi connectivity index (χ3n) is 3.08. The monoisotopic (exact) mass is 272 g/mol. The Kier molecular flexibility index (Phi) is 5.24. The lowest BCUT2D eigenvalue weighted by atomic mass is 10.1. The van der Waals surface area contributed by atoms with Crippen molar-refractivity contribution in [3.8, 4) is 11.6 Å². The number of hydrogen-bond donors (Lipinski definition) is 1. The van der Waals surface area contributed by atoms with E-state index in [9.17, 15) is 0 Å². The van der Waals surface area contributed by atoms with Crippen LogP contribution in [0.1, 0.15) is 12.0 Å². The predicted molar refractivity (Wildman–Crippen MR) is 80.6 cm³/mol. The summed E-state index contributed by atoms with van der Waals surface area (Å²) in [6.45, 7) is 0.883. The molecule has 1 N–H and O–H groups in total. The van der Waals surface area contributed by atoms with E-state index in [0.29, 0.717) is 5.88 Å². The van der Waals surface area contributed by atoms with Gasteiger partial charge in [-0.3, -0.25) is 0 Å². The summed E-state index contributed by atoms with van der Waals surface area (Å²) >= 11 is 0. The highest BCUT2D eigenvalue weighted by Crippen LogP contribution is 2.19. The molecule has 4 heteroatoms. The molecule has 1 aromatic carbocycles. The van der Waals surface area contributed by atoms with E-state index in [2.05, 4.69) is 22.4 Å². The van der Waals surface area contributed by atoms with Crippen molar-refractivity contribution < 1.29 is 9.47 Å². The van der Waals surface area contributed by atoms with Gasteiger partial charge in [-0.2, -0.15) is 0 Å². The summed E-state index contributed by atoms with van der Waals surface area (Å²) in [5, 5.41) is 3.34. The van der Waals surface area contributed by atoms with Crippen LogP contribution in [0.4, 0.5) is 5.69 Å². The van der Waals surface area contributed by atoms with Crippen molar-refractivity contribution in [2.24, 2.45) is 0 Å². The number of nitrogens with one attached hydrogen (secondary N) is 1. The zero-order valence-corrected chi connectivity index (χ0v) is 11.9. The highest BCUT2D eigenvalue weighted by molar-refractivity contribution is 5.51. The first-order valence-corrected chi connectivity index (χ1v) is 6.69. The van der Waals surface area contributed by atoms with Crippen molar-refractivity contribution in [1.82, 2.24) is 4.98 Å². The van der Waals surface area contributed by atoms with Crippen LogP contribution in [0.3, 0.4) is 0 Å². The summed E-state index contributed by atoms with van der Waals surface area (Å²) in [6.07, 6.45) is 3.80. The predicted octanol–water partition coefficient (Wildman–Crippen LogP) is 3.14. The van der Waals surface area contributed by atoms with E-state index in [1.165, 1.54) is 5.56 Å². The summed E-state index contributed by atoms with van der Waals surface area (Å²) in [5.41, 5.74) is 2.25. The van der Waals surface area contributed by atoms with Crippen molar-refractivity contribution in [1.29, 1.82) is 0 Å². The molecule has 0 aliphatic rings. The average Bonchev–Trinajstić information content (AvgIpc) is 2.52. The number of benzene rings is 1. The number of methoxy groups -OCH3 is 2. The molecule has 0 bridgehead atoms. The van der Waals surface area contributed by atoms with E-state index >= 15 is 0 Å². The second-order valence-corrected chi connectivity index (χ2v) is 4.44. The minimum atomic E-state index is 0.636. The lowest BCUT2D eigenvalue weighted by molar-refractivity contribution is 0.399. The molecule has 1 heterocycles. The van der Waals surface area contributed by atoms with Crippen molar-refractivity contribution in [3.63, 3.8) is 0 Å². The Labute approximate surface area is 119 Å². The smallest absolute Gasteiger partial charge is 0.237 e. The first-order chi connectivity index (χ1) is 9.83. The van der Waals surface area contributed by atoms with Gasteiger partial charge in [-0.15, -0.1) is 0 Å². The normalized spacial score (nSPS) is 10.1. The van der Waals surface area contributed by atoms with Gasteiger partial charge in [0.05, 0.1) is 19.9 Å². The molecule has 0 aliphatic carbocycles. The number of ether oxygens (including phenoxy) is 2. The zero-order valence-electron chi connectivity index (χ0n) is 11.9. The third kappa shape index (κ3) is 3.88. The van der Waals surface area contributed by atoms with E-state index in [-0.39, 0.29) is 0 Å². The van der Waals surface area contributed by atoms with Gasteiger partial charge in [0.2, 0.25) is 5.88 Å². The molecule has 0 fully saturated rings. The van der Waals surface area contributed by atoms with Crippen molar-refractivity contribution in [3.05, 3.63) is 48.2 Å². The number of rotatable bonds is 7. The molecule has 2 aromatic rings. The second-order valence-electron chi connectivity index (χ2n) is 4.44. The van der Waals surface area contributed by atoms with Gasteiger partial charge in [-0.05, 0) is 42.7 Å². The molecule has 0 atom stereocenters. The number of anilines is 1. The van der Waals surface area contributed by atoms with Gasteiger partial charge in [-0.1, -0.05) is 12.1 Å². The lowest BCUT2D eigenvalue weighted by Crippen LogP contribution is -2.05. The Bertz CT molecular complexity index is 526. The first-order valence-electron chi connectivity index (χ1n) is 6.69. The van der Waals surface area contributed by atoms with E-state index in [0.717, 1.165) is 30.8 Å². The molecular formula is C16H20N2O2. The summed E-state index contributed by atoms with van der Waals surface area (Å²) in [4.78, 5) is 4.15.